The number of anilines is 1. The number of fused-ring (bicyclic) bond motifs is 3. The molecule has 6 nitrogen and oxygen atoms in total. The normalized spacial score (nSPS) is 17.6. The van der Waals surface area contributed by atoms with Crippen LogP contribution in [0.1, 0.15) is 18.4 Å². The number of aromatic nitrogens is 1. The predicted molar refractivity (Wildman–Crippen MR) is 128 cm³/mol. The Morgan fingerprint density at radius 3 is 2.69 bits per heavy atom. The molecular weight excluding hydrogens is 442 g/mol. The molecule has 32 heavy (non-hydrogen) atoms. The Bertz CT molecular complexity index is 1410. The lowest BCUT2D eigenvalue weighted by atomic mass is 9.99. The average molecular weight is 466 g/mol. The monoisotopic (exact) mass is 465 g/mol. The molecule has 5 rings (SSSR count). The summed E-state index contributed by atoms with van der Waals surface area (Å²) in [4.78, 5) is 17.8. The van der Waals surface area contributed by atoms with Gasteiger partial charge in [0.1, 0.15) is 0 Å². The van der Waals surface area contributed by atoms with E-state index in [1.54, 1.807) is 24.3 Å². The van der Waals surface area contributed by atoms with Crippen LogP contribution in [0.2, 0.25) is 0 Å². The fourth-order valence-electron chi connectivity index (χ4n) is 4.15. The number of nitrogens with zero attached hydrogens (tertiary/aromatic N) is 2. The predicted octanol–water partition coefficient (Wildman–Crippen LogP) is 4.80. The Morgan fingerprint density at radius 1 is 1.09 bits per heavy atom. The molecule has 3 aromatic carbocycles. The molecule has 1 atom stereocenters. The van der Waals surface area contributed by atoms with Crippen LogP contribution < -0.4 is 5.32 Å². The van der Waals surface area contributed by atoms with Gasteiger partial charge in [0.2, 0.25) is 15.9 Å². The second-order valence-corrected chi connectivity index (χ2v) is 11.1. The molecule has 2 heterocycles. The second kappa shape index (κ2) is 8.27. The number of carbonyl (C=O) groups excluding carboxylic acids is 1. The van der Waals surface area contributed by atoms with Gasteiger partial charge in [-0.25, -0.2) is 13.4 Å². The van der Waals surface area contributed by atoms with Gasteiger partial charge in [-0.1, -0.05) is 59.4 Å². The maximum atomic E-state index is 13.1. The van der Waals surface area contributed by atoms with Crippen molar-refractivity contribution < 1.29 is 13.2 Å². The van der Waals surface area contributed by atoms with Gasteiger partial charge in [-0.3, -0.25) is 4.79 Å². The number of carbonyl (C=O) groups is 1. The number of piperidine rings is 1. The SMILES string of the molecule is Cc1ccc(S(=O)(=O)N2CCCC(C(=O)Nc3nc4ccc5ccccc5c4s3)C2)cc1. The zero-order valence-corrected chi connectivity index (χ0v) is 19.2. The van der Waals surface area contributed by atoms with Crippen LogP contribution >= 0.6 is 11.3 Å². The van der Waals surface area contributed by atoms with Crippen LogP contribution in [0.5, 0.6) is 0 Å². The van der Waals surface area contributed by atoms with E-state index < -0.39 is 15.9 Å². The number of amides is 1. The highest BCUT2D eigenvalue weighted by Gasteiger charge is 2.33. The van der Waals surface area contributed by atoms with Gasteiger partial charge in [0, 0.05) is 18.5 Å². The quantitative estimate of drug-likeness (QED) is 0.470. The number of hydrogen-bond acceptors (Lipinski definition) is 5. The van der Waals surface area contributed by atoms with Gasteiger partial charge < -0.3 is 5.32 Å². The topological polar surface area (TPSA) is 79.4 Å². The van der Waals surface area contributed by atoms with Crippen LogP contribution in [0.3, 0.4) is 0 Å². The highest BCUT2D eigenvalue weighted by Crippen LogP contribution is 2.33. The molecule has 1 amide bonds. The molecule has 0 bridgehead atoms. The third-order valence-corrected chi connectivity index (χ3v) is 8.82. The lowest BCUT2D eigenvalue weighted by Gasteiger charge is -2.31. The van der Waals surface area contributed by atoms with Crippen molar-refractivity contribution in [3.8, 4) is 0 Å². The Morgan fingerprint density at radius 2 is 1.88 bits per heavy atom. The van der Waals surface area contributed by atoms with E-state index in [0.717, 1.165) is 26.6 Å². The van der Waals surface area contributed by atoms with E-state index in [0.29, 0.717) is 24.5 Å². The summed E-state index contributed by atoms with van der Waals surface area (Å²) in [5, 5.41) is 5.71. The summed E-state index contributed by atoms with van der Waals surface area (Å²) in [6.07, 6.45) is 1.30. The first-order chi connectivity index (χ1) is 15.4. The Balaban J connectivity index is 1.34. The Hall–Kier alpha value is -2.81. The minimum absolute atomic E-state index is 0.176. The zero-order valence-electron chi connectivity index (χ0n) is 17.6. The summed E-state index contributed by atoms with van der Waals surface area (Å²) >= 11 is 1.45. The molecule has 0 saturated carbocycles. The molecule has 1 N–H and O–H groups in total. The number of hydrogen-bond donors (Lipinski definition) is 1. The molecule has 0 radical (unpaired) electrons. The molecule has 8 heteroatoms. The smallest absolute Gasteiger partial charge is 0.243 e. The van der Waals surface area contributed by atoms with Crippen LogP contribution in [0, 0.1) is 12.8 Å². The molecule has 1 fully saturated rings. The fourth-order valence-corrected chi connectivity index (χ4v) is 6.68. The standard InChI is InChI=1S/C24H23N3O3S2/c1-16-8-11-19(12-9-16)32(29,30)27-14-4-6-18(15-27)23(28)26-24-25-21-13-10-17-5-2-3-7-20(17)22(21)31-24/h2-3,5,7-13,18H,4,6,14-15H2,1H3,(H,25,26,28). The lowest BCUT2D eigenvalue weighted by molar-refractivity contribution is -0.120. The van der Waals surface area contributed by atoms with Crippen LogP contribution in [0.25, 0.3) is 21.0 Å². The second-order valence-electron chi connectivity index (χ2n) is 8.16. The maximum absolute atomic E-state index is 13.1. The molecule has 164 valence electrons. The Kier molecular flexibility index (Phi) is 5.44. The van der Waals surface area contributed by atoms with Gasteiger partial charge in [0.15, 0.2) is 5.13 Å². The van der Waals surface area contributed by atoms with Gasteiger partial charge in [-0.05, 0) is 43.4 Å². The van der Waals surface area contributed by atoms with Crippen LogP contribution in [0.15, 0.2) is 65.6 Å². The summed E-state index contributed by atoms with van der Waals surface area (Å²) in [5.41, 5.74) is 1.85. The summed E-state index contributed by atoms with van der Waals surface area (Å²) in [5.74, 6) is -0.593. The lowest BCUT2D eigenvalue weighted by Crippen LogP contribution is -2.43. The maximum Gasteiger partial charge on any atom is 0.243 e. The fraction of sp³-hybridized carbons (Fsp3) is 0.250. The van der Waals surface area contributed by atoms with Crippen molar-refractivity contribution in [1.29, 1.82) is 0 Å². The van der Waals surface area contributed by atoms with E-state index in [4.69, 9.17) is 0 Å². The van der Waals surface area contributed by atoms with E-state index in [1.165, 1.54) is 15.6 Å². The number of aryl methyl sites for hydroxylation is 1. The van der Waals surface area contributed by atoms with Crippen molar-refractivity contribution in [3.63, 3.8) is 0 Å². The number of rotatable bonds is 4. The van der Waals surface area contributed by atoms with Crippen molar-refractivity contribution in [1.82, 2.24) is 9.29 Å². The van der Waals surface area contributed by atoms with Crippen molar-refractivity contribution >= 4 is 53.4 Å². The zero-order chi connectivity index (χ0) is 22.3. The minimum atomic E-state index is -3.62. The van der Waals surface area contributed by atoms with E-state index in [2.05, 4.69) is 22.4 Å². The molecular formula is C24H23N3O3S2. The van der Waals surface area contributed by atoms with Crippen molar-refractivity contribution in [2.45, 2.75) is 24.7 Å². The summed E-state index contributed by atoms with van der Waals surface area (Å²) in [6, 6.07) is 18.9. The van der Waals surface area contributed by atoms with E-state index in [-0.39, 0.29) is 17.3 Å². The molecule has 0 spiro atoms. The number of benzene rings is 3. The van der Waals surface area contributed by atoms with E-state index in [1.807, 2.05) is 31.2 Å². The first kappa shape index (κ1) is 21.1. The van der Waals surface area contributed by atoms with Crippen molar-refractivity contribution in [2.24, 2.45) is 5.92 Å². The molecule has 0 aliphatic carbocycles. The largest absolute Gasteiger partial charge is 0.302 e. The van der Waals surface area contributed by atoms with Crippen LogP contribution in [0.4, 0.5) is 5.13 Å². The summed E-state index contributed by atoms with van der Waals surface area (Å²) < 4.78 is 28.6. The number of thiazole rings is 1. The molecule has 1 aliphatic heterocycles. The number of sulfonamides is 1. The summed E-state index contributed by atoms with van der Waals surface area (Å²) in [6.45, 7) is 2.52. The highest BCUT2D eigenvalue weighted by molar-refractivity contribution is 7.89. The first-order valence-electron chi connectivity index (χ1n) is 10.6. The van der Waals surface area contributed by atoms with E-state index in [9.17, 15) is 13.2 Å². The van der Waals surface area contributed by atoms with Gasteiger partial charge in [-0.2, -0.15) is 4.31 Å². The van der Waals surface area contributed by atoms with Crippen molar-refractivity contribution in [2.75, 3.05) is 18.4 Å². The molecule has 4 aromatic rings. The van der Waals surface area contributed by atoms with Crippen LogP contribution in [-0.4, -0.2) is 36.7 Å². The third-order valence-electron chi connectivity index (χ3n) is 5.92. The first-order valence-corrected chi connectivity index (χ1v) is 12.8. The van der Waals surface area contributed by atoms with Crippen LogP contribution in [-0.2, 0) is 14.8 Å². The molecule has 1 aromatic heterocycles. The molecule has 1 saturated heterocycles. The summed E-state index contributed by atoms with van der Waals surface area (Å²) in [7, 11) is -3.62. The van der Waals surface area contributed by atoms with E-state index >= 15 is 0 Å². The Labute approximate surface area is 190 Å². The molecule has 1 unspecified atom stereocenters. The minimum Gasteiger partial charge on any atom is -0.302 e. The third kappa shape index (κ3) is 3.90. The van der Waals surface area contributed by atoms with Gasteiger partial charge >= 0.3 is 0 Å². The van der Waals surface area contributed by atoms with Gasteiger partial charge in [-0.15, -0.1) is 0 Å². The van der Waals surface area contributed by atoms with Gasteiger partial charge in [0.05, 0.1) is 21.0 Å². The average Bonchev–Trinajstić information content (AvgIpc) is 3.22. The highest BCUT2D eigenvalue weighted by atomic mass is 32.2. The van der Waals surface area contributed by atoms with Gasteiger partial charge in [0.25, 0.3) is 0 Å². The number of nitrogens with one attached hydrogen (secondary N) is 1. The van der Waals surface area contributed by atoms with Crippen molar-refractivity contribution in [3.05, 3.63) is 66.2 Å². The molecule has 1 aliphatic rings.